The van der Waals surface area contributed by atoms with Gasteiger partial charge in [-0.15, -0.1) is 0 Å². The third-order valence-electron chi connectivity index (χ3n) is 4.56. The number of nitrogen functional groups attached to an aromatic ring is 1. The number of anilines is 2. The average molecular weight is 382 g/mol. The maximum absolute atomic E-state index is 12.4. The van der Waals surface area contributed by atoms with Gasteiger partial charge < -0.3 is 16.4 Å². The van der Waals surface area contributed by atoms with Crippen LogP contribution < -0.4 is 16.4 Å². The van der Waals surface area contributed by atoms with Gasteiger partial charge in [-0.2, -0.15) is 10.1 Å². The van der Waals surface area contributed by atoms with E-state index in [0.717, 1.165) is 19.3 Å². The summed E-state index contributed by atoms with van der Waals surface area (Å²) in [6.45, 7) is 4.58. The van der Waals surface area contributed by atoms with Crippen LogP contribution in [0.3, 0.4) is 0 Å². The molecule has 0 aromatic carbocycles. The molecule has 0 spiro atoms. The SMILES string of the molecule is CCCC[C@](C)(CNC(=O)c1ccn(C)n1)Nc1nc(N)nc2cccnc12. The second-order valence-corrected chi connectivity index (χ2v) is 7.15. The van der Waals surface area contributed by atoms with Crippen LogP contribution in [0.25, 0.3) is 11.0 Å². The standard InChI is InChI=1S/C19H26N8O/c1-4-5-9-19(2,12-22-17(28)14-8-11-27(3)26-14)25-16-15-13(7-6-10-21-15)23-18(20)24-16/h6-8,10-11H,4-5,9,12H2,1-3H3,(H,22,28)(H3,20,23,24,25)/t19-/m1/s1. The molecule has 9 nitrogen and oxygen atoms in total. The summed E-state index contributed by atoms with van der Waals surface area (Å²) in [5, 5.41) is 10.6. The molecular weight excluding hydrogens is 356 g/mol. The van der Waals surface area contributed by atoms with Gasteiger partial charge in [0, 0.05) is 26.0 Å². The molecule has 0 fully saturated rings. The Morgan fingerprint density at radius 2 is 2.14 bits per heavy atom. The van der Waals surface area contributed by atoms with E-state index in [1.54, 1.807) is 30.2 Å². The van der Waals surface area contributed by atoms with Crippen molar-refractivity contribution in [2.24, 2.45) is 7.05 Å². The van der Waals surface area contributed by atoms with E-state index in [9.17, 15) is 4.79 Å². The number of rotatable bonds is 8. The molecule has 4 N–H and O–H groups in total. The maximum atomic E-state index is 12.4. The summed E-state index contributed by atoms with van der Waals surface area (Å²) >= 11 is 0. The number of unbranched alkanes of at least 4 members (excludes halogenated alkanes) is 1. The highest BCUT2D eigenvalue weighted by Gasteiger charge is 2.27. The quantitative estimate of drug-likeness (QED) is 0.545. The highest BCUT2D eigenvalue weighted by Crippen LogP contribution is 2.25. The van der Waals surface area contributed by atoms with Crippen molar-refractivity contribution < 1.29 is 4.79 Å². The molecule has 0 saturated carbocycles. The lowest BCUT2D eigenvalue weighted by Crippen LogP contribution is -2.47. The zero-order valence-corrected chi connectivity index (χ0v) is 16.4. The van der Waals surface area contributed by atoms with Crippen molar-refractivity contribution in [1.82, 2.24) is 30.0 Å². The lowest BCUT2D eigenvalue weighted by Gasteiger charge is -2.32. The van der Waals surface area contributed by atoms with Crippen molar-refractivity contribution in [1.29, 1.82) is 0 Å². The molecule has 0 bridgehead atoms. The zero-order chi connectivity index (χ0) is 20.1. The van der Waals surface area contributed by atoms with E-state index >= 15 is 0 Å². The Balaban J connectivity index is 1.82. The number of pyridine rings is 1. The number of nitrogens with two attached hydrogens (primary N) is 1. The van der Waals surface area contributed by atoms with E-state index in [0.29, 0.717) is 29.1 Å². The molecule has 0 aliphatic heterocycles. The minimum absolute atomic E-state index is 0.179. The predicted molar refractivity (Wildman–Crippen MR) is 109 cm³/mol. The third-order valence-corrected chi connectivity index (χ3v) is 4.56. The monoisotopic (exact) mass is 382 g/mol. The van der Waals surface area contributed by atoms with Gasteiger partial charge in [-0.25, -0.2) is 4.98 Å². The van der Waals surface area contributed by atoms with Crippen molar-refractivity contribution in [2.45, 2.75) is 38.6 Å². The summed E-state index contributed by atoms with van der Waals surface area (Å²) in [5.41, 5.74) is 7.15. The average Bonchev–Trinajstić information content (AvgIpc) is 3.11. The molecule has 9 heteroatoms. The number of aromatic nitrogens is 5. The molecule has 1 atom stereocenters. The van der Waals surface area contributed by atoms with Crippen molar-refractivity contribution in [3.8, 4) is 0 Å². The number of nitrogens with one attached hydrogen (secondary N) is 2. The first-order chi connectivity index (χ1) is 13.4. The first kappa shape index (κ1) is 19.5. The normalized spacial score (nSPS) is 13.2. The Hall–Kier alpha value is -3.23. The van der Waals surface area contributed by atoms with Crippen LogP contribution in [-0.2, 0) is 7.05 Å². The Kier molecular flexibility index (Phi) is 5.72. The van der Waals surface area contributed by atoms with Crippen LogP contribution in [-0.4, -0.2) is 42.7 Å². The van der Waals surface area contributed by atoms with E-state index in [1.807, 2.05) is 12.1 Å². The smallest absolute Gasteiger partial charge is 0.271 e. The van der Waals surface area contributed by atoms with Crippen molar-refractivity contribution >= 4 is 28.7 Å². The second-order valence-electron chi connectivity index (χ2n) is 7.15. The number of amides is 1. The van der Waals surface area contributed by atoms with Crippen LogP contribution in [0.15, 0.2) is 30.6 Å². The topological polar surface area (TPSA) is 124 Å². The molecule has 3 aromatic rings. The molecule has 0 aliphatic carbocycles. The molecule has 0 unspecified atom stereocenters. The summed E-state index contributed by atoms with van der Waals surface area (Å²) in [5.74, 6) is 0.530. The van der Waals surface area contributed by atoms with E-state index in [-0.39, 0.29) is 11.9 Å². The fourth-order valence-corrected chi connectivity index (χ4v) is 3.02. The fourth-order valence-electron chi connectivity index (χ4n) is 3.02. The number of hydrogen-bond donors (Lipinski definition) is 3. The number of fused-ring (bicyclic) bond motifs is 1. The number of nitrogens with zero attached hydrogens (tertiary/aromatic N) is 5. The Morgan fingerprint density at radius 3 is 2.86 bits per heavy atom. The molecule has 0 aliphatic rings. The number of carbonyl (C=O) groups excluding carboxylic acids is 1. The molecule has 0 saturated heterocycles. The molecule has 1 amide bonds. The van der Waals surface area contributed by atoms with Gasteiger partial charge in [0.1, 0.15) is 11.2 Å². The second kappa shape index (κ2) is 8.20. The highest BCUT2D eigenvalue weighted by molar-refractivity contribution is 5.92. The summed E-state index contributed by atoms with van der Waals surface area (Å²) in [6.07, 6.45) is 6.31. The first-order valence-corrected chi connectivity index (χ1v) is 9.34. The van der Waals surface area contributed by atoms with Crippen LogP contribution in [0.1, 0.15) is 43.6 Å². The van der Waals surface area contributed by atoms with Crippen LogP contribution in [0.2, 0.25) is 0 Å². The van der Waals surface area contributed by atoms with Gasteiger partial charge in [-0.05, 0) is 31.5 Å². The molecule has 3 heterocycles. The molecule has 28 heavy (non-hydrogen) atoms. The Labute approximate surface area is 163 Å². The van der Waals surface area contributed by atoms with Gasteiger partial charge in [0.2, 0.25) is 5.95 Å². The van der Waals surface area contributed by atoms with Crippen molar-refractivity contribution in [2.75, 3.05) is 17.6 Å². The first-order valence-electron chi connectivity index (χ1n) is 9.34. The number of aryl methyl sites for hydroxylation is 1. The summed E-state index contributed by atoms with van der Waals surface area (Å²) in [4.78, 5) is 25.4. The molecule has 0 radical (unpaired) electrons. The van der Waals surface area contributed by atoms with Crippen LogP contribution in [0.4, 0.5) is 11.8 Å². The lowest BCUT2D eigenvalue weighted by molar-refractivity contribution is 0.0940. The lowest BCUT2D eigenvalue weighted by atomic mass is 9.94. The predicted octanol–water partition coefficient (Wildman–Crippen LogP) is 2.13. The minimum Gasteiger partial charge on any atom is -0.368 e. The van der Waals surface area contributed by atoms with Crippen molar-refractivity contribution in [3.63, 3.8) is 0 Å². The summed E-state index contributed by atoms with van der Waals surface area (Å²) in [7, 11) is 1.78. The fraction of sp³-hybridized carbons (Fsp3) is 0.421. The van der Waals surface area contributed by atoms with Gasteiger partial charge in [0.25, 0.3) is 5.91 Å². The minimum atomic E-state index is -0.439. The molecule has 3 aromatic heterocycles. The van der Waals surface area contributed by atoms with E-state index in [1.165, 1.54) is 0 Å². The van der Waals surface area contributed by atoms with Crippen molar-refractivity contribution in [3.05, 3.63) is 36.3 Å². The Morgan fingerprint density at radius 1 is 1.32 bits per heavy atom. The van der Waals surface area contributed by atoms with Crippen LogP contribution >= 0.6 is 0 Å². The molecule has 3 rings (SSSR count). The maximum Gasteiger partial charge on any atom is 0.271 e. The highest BCUT2D eigenvalue weighted by atomic mass is 16.1. The van der Waals surface area contributed by atoms with Gasteiger partial charge in [0.15, 0.2) is 5.82 Å². The van der Waals surface area contributed by atoms with Gasteiger partial charge in [-0.1, -0.05) is 19.8 Å². The van der Waals surface area contributed by atoms with E-state index in [2.05, 4.69) is 44.5 Å². The Bertz CT molecular complexity index is 969. The van der Waals surface area contributed by atoms with E-state index in [4.69, 9.17) is 5.73 Å². The van der Waals surface area contributed by atoms with Crippen LogP contribution in [0, 0.1) is 0 Å². The summed E-state index contributed by atoms with van der Waals surface area (Å²) < 4.78 is 1.60. The zero-order valence-electron chi connectivity index (χ0n) is 16.4. The third kappa shape index (κ3) is 4.54. The summed E-state index contributed by atoms with van der Waals surface area (Å²) in [6, 6.07) is 5.34. The molecule has 148 valence electrons. The number of hydrogen-bond acceptors (Lipinski definition) is 7. The van der Waals surface area contributed by atoms with Gasteiger partial charge in [-0.3, -0.25) is 14.5 Å². The van der Waals surface area contributed by atoms with Gasteiger partial charge >= 0.3 is 0 Å². The van der Waals surface area contributed by atoms with Crippen LogP contribution in [0.5, 0.6) is 0 Å². The van der Waals surface area contributed by atoms with Gasteiger partial charge in [0.05, 0.1) is 11.1 Å². The largest absolute Gasteiger partial charge is 0.368 e. The molecular formula is C19H26N8O. The number of carbonyl (C=O) groups is 1. The van der Waals surface area contributed by atoms with E-state index < -0.39 is 5.54 Å².